The zero-order chi connectivity index (χ0) is 15.0. The minimum Gasteiger partial charge on any atom is -0.300 e. The summed E-state index contributed by atoms with van der Waals surface area (Å²) in [5, 5.41) is 12.1. The molecule has 21 heavy (non-hydrogen) atoms. The number of hydrogen-bond acceptors (Lipinski definition) is 5. The lowest BCUT2D eigenvalue weighted by Crippen LogP contribution is -2.19. The van der Waals surface area contributed by atoms with Crippen molar-refractivity contribution in [3.8, 4) is 0 Å². The van der Waals surface area contributed by atoms with Crippen molar-refractivity contribution in [3.63, 3.8) is 0 Å². The quantitative estimate of drug-likeness (QED) is 0.799. The minimum absolute atomic E-state index is 0.141. The second-order valence-corrected chi connectivity index (χ2v) is 6.00. The van der Waals surface area contributed by atoms with Crippen molar-refractivity contribution in [1.82, 2.24) is 24.5 Å². The molecule has 0 aromatic carbocycles. The molecule has 0 aliphatic carbocycles. The Hall–Kier alpha value is -2.22. The van der Waals surface area contributed by atoms with E-state index in [0.717, 1.165) is 28.1 Å². The number of aromatic nitrogens is 5. The molecule has 0 atom stereocenters. The maximum atomic E-state index is 12.1. The molecule has 0 aliphatic rings. The standard InChI is InChI=1S/C13H16N6OS/c1-4-18-10-6-15-19(12(10)9(3)17-18)7-11(20)16-13-14-5-8(2)21-13/h5-6H,4,7H2,1-3H3,(H,14,16,20). The lowest BCUT2D eigenvalue weighted by atomic mass is 10.4. The van der Waals surface area contributed by atoms with Crippen LogP contribution in [0.5, 0.6) is 0 Å². The molecule has 1 amide bonds. The fourth-order valence-electron chi connectivity index (χ4n) is 2.29. The van der Waals surface area contributed by atoms with Gasteiger partial charge in [-0.15, -0.1) is 11.3 Å². The molecular weight excluding hydrogens is 288 g/mol. The molecule has 0 unspecified atom stereocenters. The summed E-state index contributed by atoms with van der Waals surface area (Å²) in [6.07, 6.45) is 3.49. The molecule has 0 fully saturated rings. The van der Waals surface area contributed by atoms with Gasteiger partial charge in [-0.05, 0) is 20.8 Å². The zero-order valence-corrected chi connectivity index (χ0v) is 12.9. The highest BCUT2D eigenvalue weighted by Gasteiger charge is 2.15. The first-order valence-electron chi connectivity index (χ1n) is 6.69. The molecule has 0 saturated heterocycles. The number of aryl methyl sites for hydroxylation is 3. The predicted octanol–water partition coefficient (Wildman–Crippen LogP) is 1.96. The minimum atomic E-state index is -0.141. The molecule has 110 valence electrons. The van der Waals surface area contributed by atoms with E-state index in [4.69, 9.17) is 0 Å². The van der Waals surface area contributed by atoms with E-state index in [-0.39, 0.29) is 12.5 Å². The second kappa shape index (κ2) is 5.28. The molecule has 3 aromatic rings. The van der Waals surface area contributed by atoms with Gasteiger partial charge in [0.05, 0.1) is 11.9 Å². The van der Waals surface area contributed by atoms with Gasteiger partial charge >= 0.3 is 0 Å². The van der Waals surface area contributed by atoms with Crippen LogP contribution >= 0.6 is 11.3 Å². The molecule has 0 radical (unpaired) electrons. The van der Waals surface area contributed by atoms with E-state index in [2.05, 4.69) is 20.5 Å². The van der Waals surface area contributed by atoms with Crippen molar-refractivity contribution in [3.05, 3.63) is 23.0 Å². The molecular formula is C13H16N6OS. The van der Waals surface area contributed by atoms with Crippen LogP contribution in [0.25, 0.3) is 11.0 Å². The van der Waals surface area contributed by atoms with E-state index in [1.54, 1.807) is 17.1 Å². The molecule has 1 N–H and O–H groups in total. The van der Waals surface area contributed by atoms with Crippen LogP contribution in [0.15, 0.2) is 12.4 Å². The fraction of sp³-hybridized carbons (Fsp3) is 0.385. The summed E-state index contributed by atoms with van der Waals surface area (Å²) in [6, 6.07) is 0. The lowest BCUT2D eigenvalue weighted by Gasteiger charge is -2.03. The predicted molar refractivity (Wildman–Crippen MR) is 81.4 cm³/mol. The Bertz CT molecular complexity index is 799. The number of nitrogens with zero attached hydrogens (tertiary/aromatic N) is 5. The van der Waals surface area contributed by atoms with Gasteiger partial charge in [0.2, 0.25) is 5.91 Å². The number of hydrogen-bond donors (Lipinski definition) is 1. The molecule has 0 bridgehead atoms. The summed E-state index contributed by atoms with van der Waals surface area (Å²) in [4.78, 5) is 17.3. The maximum absolute atomic E-state index is 12.1. The first kappa shape index (κ1) is 13.7. The average molecular weight is 304 g/mol. The van der Waals surface area contributed by atoms with Gasteiger partial charge in [-0.25, -0.2) is 4.98 Å². The van der Waals surface area contributed by atoms with Crippen LogP contribution in [0.4, 0.5) is 5.13 Å². The highest BCUT2D eigenvalue weighted by atomic mass is 32.1. The van der Waals surface area contributed by atoms with Crippen LogP contribution in [0, 0.1) is 13.8 Å². The summed E-state index contributed by atoms with van der Waals surface area (Å²) in [7, 11) is 0. The summed E-state index contributed by atoms with van der Waals surface area (Å²) in [5.41, 5.74) is 2.73. The van der Waals surface area contributed by atoms with Crippen LogP contribution in [-0.2, 0) is 17.9 Å². The number of carbonyl (C=O) groups excluding carboxylic acids is 1. The SMILES string of the molecule is CCn1nc(C)c2c1cnn2CC(=O)Nc1ncc(C)s1. The van der Waals surface area contributed by atoms with E-state index in [1.807, 2.05) is 25.5 Å². The topological polar surface area (TPSA) is 77.6 Å². The summed E-state index contributed by atoms with van der Waals surface area (Å²) < 4.78 is 3.57. The Morgan fingerprint density at radius 2 is 2.14 bits per heavy atom. The van der Waals surface area contributed by atoms with Crippen LogP contribution in [0.1, 0.15) is 17.5 Å². The van der Waals surface area contributed by atoms with E-state index in [0.29, 0.717) is 5.13 Å². The van der Waals surface area contributed by atoms with Crippen LogP contribution in [-0.4, -0.2) is 30.5 Å². The zero-order valence-electron chi connectivity index (χ0n) is 12.1. The number of anilines is 1. The lowest BCUT2D eigenvalue weighted by molar-refractivity contribution is -0.116. The summed E-state index contributed by atoms with van der Waals surface area (Å²) in [6.45, 7) is 6.83. The summed E-state index contributed by atoms with van der Waals surface area (Å²) in [5.74, 6) is -0.141. The van der Waals surface area contributed by atoms with Crippen molar-refractivity contribution in [1.29, 1.82) is 0 Å². The Labute approximate surface area is 125 Å². The van der Waals surface area contributed by atoms with Gasteiger partial charge < -0.3 is 5.32 Å². The van der Waals surface area contributed by atoms with E-state index in [1.165, 1.54) is 11.3 Å². The molecule has 3 aromatic heterocycles. The van der Waals surface area contributed by atoms with Crippen molar-refractivity contribution in [2.45, 2.75) is 33.9 Å². The van der Waals surface area contributed by atoms with Crippen molar-refractivity contribution >= 4 is 33.4 Å². The maximum Gasteiger partial charge on any atom is 0.247 e. The Morgan fingerprint density at radius 1 is 1.33 bits per heavy atom. The van der Waals surface area contributed by atoms with Gasteiger partial charge in [-0.2, -0.15) is 10.2 Å². The van der Waals surface area contributed by atoms with Gasteiger partial charge in [0, 0.05) is 17.6 Å². The van der Waals surface area contributed by atoms with Gasteiger partial charge in [-0.3, -0.25) is 14.2 Å². The third-order valence-corrected chi connectivity index (χ3v) is 4.00. The summed E-state index contributed by atoms with van der Waals surface area (Å²) >= 11 is 1.45. The molecule has 0 aliphatic heterocycles. The van der Waals surface area contributed by atoms with Gasteiger partial charge in [0.25, 0.3) is 0 Å². The number of carbonyl (C=O) groups is 1. The van der Waals surface area contributed by atoms with Crippen LogP contribution < -0.4 is 5.32 Å². The number of amides is 1. The van der Waals surface area contributed by atoms with E-state index >= 15 is 0 Å². The molecule has 8 heteroatoms. The van der Waals surface area contributed by atoms with Gasteiger partial charge in [-0.1, -0.05) is 0 Å². The highest BCUT2D eigenvalue weighted by molar-refractivity contribution is 7.15. The second-order valence-electron chi connectivity index (χ2n) is 4.76. The normalized spacial score (nSPS) is 11.2. The van der Waals surface area contributed by atoms with Crippen molar-refractivity contribution < 1.29 is 4.79 Å². The Morgan fingerprint density at radius 3 is 2.81 bits per heavy atom. The first-order chi connectivity index (χ1) is 10.1. The van der Waals surface area contributed by atoms with Gasteiger partial charge in [0.1, 0.15) is 17.6 Å². The van der Waals surface area contributed by atoms with Crippen LogP contribution in [0.2, 0.25) is 0 Å². The largest absolute Gasteiger partial charge is 0.300 e. The third kappa shape index (κ3) is 2.54. The smallest absolute Gasteiger partial charge is 0.247 e. The van der Waals surface area contributed by atoms with Gasteiger partial charge in [0.15, 0.2) is 5.13 Å². The number of thiazole rings is 1. The average Bonchev–Trinajstić information content (AvgIpc) is 3.09. The molecule has 3 heterocycles. The fourth-order valence-corrected chi connectivity index (χ4v) is 2.97. The molecule has 0 saturated carbocycles. The van der Waals surface area contributed by atoms with Crippen LogP contribution in [0.3, 0.4) is 0 Å². The first-order valence-corrected chi connectivity index (χ1v) is 7.51. The molecule has 0 spiro atoms. The number of rotatable bonds is 4. The van der Waals surface area contributed by atoms with Crippen molar-refractivity contribution in [2.75, 3.05) is 5.32 Å². The monoisotopic (exact) mass is 304 g/mol. The highest BCUT2D eigenvalue weighted by Crippen LogP contribution is 2.19. The Kier molecular flexibility index (Phi) is 3.46. The van der Waals surface area contributed by atoms with E-state index in [9.17, 15) is 4.79 Å². The molecule has 3 rings (SSSR count). The molecule has 7 nitrogen and oxygen atoms in total. The van der Waals surface area contributed by atoms with Crippen molar-refractivity contribution in [2.24, 2.45) is 0 Å². The number of fused-ring (bicyclic) bond motifs is 1. The van der Waals surface area contributed by atoms with E-state index < -0.39 is 0 Å². The third-order valence-electron chi connectivity index (χ3n) is 3.17. The number of nitrogens with one attached hydrogen (secondary N) is 1. The Balaban J connectivity index is 1.81.